The molecule has 0 saturated heterocycles. The van der Waals surface area contributed by atoms with Gasteiger partial charge in [-0.05, 0) is 37.1 Å². The van der Waals surface area contributed by atoms with Gasteiger partial charge < -0.3 is 10.2 Å². The monoisotopic (exact) mass is 244 g/mol. The Hall–Kier alpha value is -2.14. The van der Waals surface area contributed by atoms with Crippen LogP contribution in [0.1, 0.15) is 16.8 Å². The van der Waals surface area contributed by atoms with Crippen LogP contribution >= 0.6 is 0 Å². The molecular weight excluding hydrogens is 228 g/mol. The van der Waals surface area contributed by atoms with Gasteiger partial charge in [-0.15, -0.1) is 0 Å². The zero-order chi connectivity index (χ0) is 13.0. The number of aromatic nitrogens is 2. The molecule has 5 nitrogen and oxygen atoms in total. The zero-order valence-electron chi connectivity index (χ0n) is 10.5. The Morgan fingerprint density at radius 1 is 1.17 bits per heavy atom. The molecule has 1 aromatic heterocycles. The summed E-state index contributed by atoms with van der Waals surface area (Å²) in [5.41, 5.74) is 5.64. The second-order valence-electron chi connectivity index (χ2n) is 4.07. The largest absolute Gasteiger partial charge is 0.487 e. The van der Waals surface area contributed by atoms with Crippen LogP contribution in [0.3, 0.4) is 0 Å². The maximum atomic E-state index is 5.65. The minimum absolute atomic E-state index is 0.389. The normalized spacial score (nSPS) is 10.2. The molecule has 2 aromatic rings. The number of anilines is 1. The van der Waals surface area contributed by atoms with E-state index in [-0.39, 0.29) is 0 Å². The molecular formula is C13H16N4O. The minimum Gasteiger partial charge on any atom is -0.487 e. The van der Waals surface area contributed by atoms with E-state index in [1.165, 1.54) is 11.1 Å². The Balaban J connectivity index is 1.99. The molecule has 0 unspecified atom stereocenters. The van der Waals surface area contributed by atoms with Crippen LogP contribution in [-0.4, -0.2) is 9.97 Å². The van der Waals surface area contributed by atoms with Gasteiger partial charge in [0.25, 0.3) is 0 Å². The summed E-state index contributed by atoms with van der Waals surface area (Å²) in [5, 5.41) is 0. The fourth-order valence-corrected chi connectivity index (χ4v) is 1.46. The van der Waals surface area contributed by atoms with Crippen molar-refractivity contribution in [3.63, 3.8) is 0 Å². The van der Waals surface area contributed by atoms with E-state index in [2.05, 4.69) is 29.2 Å². The predicted molar refractivity (Wildman–Crippen MR) is 70.1 cm³/mol. The third kappa shape index (κ3) is 2.95. The van der Waals surface area contributed by atoms with E-state index in [4.69, 9.17) is 10.6 Å². The Bertz CT molecular complexity index is 525. The molecule has 94 valence electrons. The number of hydrogen-bond donors (Lipinski definition) is 2. The van der Waals surface area contributed by atoms with Gasteiger partial charge in [-0.3, -0.25) is 4.98 Å². The SMILES string of the molecule is Cc1ccc(OCc2cnc(NN)cn2)cc1C. The summed E-state index contributed by atoms with van der Waals surface area (Å²) in [5.74, 6) is 6.58. The highest BCUT2D eigenvalue weighted by atomic mass is 16.5. The number of nitrogen functional groups attached to an aromatic ring is 1. The molecule has 2 rings (SSSR count). The molecule has 1 aromatic carbocycles. The Labute approximate surface area is 106 Å². The van der Waals surface area contributed by atoms with Crippen LogP contribution in [0, 0.1) is 13.8 Å². The molecule has 0 saturated carbocycles. The second kappa shape index (κ2) is 5.46. The van der Waals surface area contributed by atoms with E-state index in [1.807, 2.05) is 18.2 Å². The van der Waals surface area contributed by atoms with Gasteiger partial charge >= 0.3 is 0 Å². The summed E-state index contributed by atoms with van der Waals surface area (Å²) in [6.45, 7) is 4.52. The lowest BCUT2D eigenvalue weighted by Gasteiger charge is -2.08. The van der Waals surface area contributed by atoms with Crippen molar-refractivity contribution in [2.75, 3.05) is 5.43 Å². The van der Waals surface area contributed by atoms with Crippen molar-refractivity contribution in [3.8, 4) is 5.75 Å². The summed E-state index contributed by atoms with van der Waals surface area (Å²) in [6.07, 6.45) is 3.20. The van der Waals surface area contributed by atoms with Gasteiger partial charge in [0, 0.05) is 0 Å². The van der Waals surface area contributed by atoms with Crippen LogP contribution in [0.4, 0.5) is 5.82 Å². The molecule has 0 amide bonds. The van der Waals surface area contributed by atoms with Crippen LogP contribution in [-0.2, 0) is 6.61 Å². The molecule has 1 heterocycles. The highest BCUT2D eigenvalue weighted by Crippen LogP contribution is 2.17. The summed E-state index contributed by atoms with van der Waals surface area (Å²) in [7, 11) is 0. The van der Waals surface area contributed by atoms with Crippen LogP contribution in [0.5, 0.6) is 5.75 Å². The minimum atomic E-state index is 0.389. The zero-order valence-corrected chi connectivity index (χ0v) is 10.5. The predicted octanol–water partition coefficient (Wildman–Crippen LogP) is 1.96. The van der Waals surface area contributed by atoms with Crippen LogP contribution < -0.4 is 16.0 Å². The van der Waals surface area contributed by atoms with Gasteiger partial charge in [-0.1, -0.05) is 6.07 Å². The van der Waals surface area contributed by atoms with E-state index in [0.717, 1.165) is 11.4 Å². The lowest BCUT2D eigenvalue weighted by Crippen LogP contribution is -2.09. The number of benzene rings is 1. The first-order valence-electron chi connectivity index (χ1n) is 5.66. The number of ether oxygens (including phenoxy) is 1. The maximum Gasteiger partial charge on any atom is 0.158 e. The van der Waals surface area contributed by atoms with Crippen LogP contribution in [0.15, 0.2) is 30.6 Å². The fraction of sp³-hybridized carbons (Fsp3) is 0.231. The number of rotatable bonds is 4. The molecule has 3 N–H and O–H groups in total. The molecule has 0 aliphatic heterocycles. The average molecular weight is 244 g/mol. The summed E-state index contributed by atoms with van der Waals surface area (Å²) >= 11 is 0. The van der Waals surface area contributed by atoms with Gasteiger partial charge in [0.05, 0.1) is 18.1 Å². The molecule has 18 heavy (non-hydrogen) atoms. The average Bonchev–Trinajstić information content (AvgIpc) is 2.41. The molecule has 0 radical (unpaired) electrons. The van der Waals surface area contributed by atoms with Crippen molar-refractivity contribution in [1.82, 2.24) is 9.97 Å². The van der Waals surface area contributed by atoms with Crippen molar-refractivity contribution >= 4 is 5.82 Å². The molecule has 0 spiro atoms. The number of nitrogens with zero attached hydrogens (tertiary/aromatic N) is 2. The standard InChI is InChI=1S/C13H16N4O/c1-9-3-4-12(5-10(9)2)18-8-11-6-16-13(17-14)7-15-11/h3-7H,8,14H2,1-2H3,(H,16,17). The molecule has 0 aliphatic rings. The van der Waals surface area contributed by atoms with Crippen molar-refractivity contribution < 1.29 is 4.74 Å². The topological polar surface area (TPSA) is 73.1 Å². The van der Waals surface area contributed by atoms with Crippen molar-refractivity contribution in [3.05, 3.63) is 47.4 Å². The highest BCUT2D eigenvalue weighted by Gasteiger charge is 2.00. The number of nitrogens with one attached hydrogen (secondary N) is 1. The summed E-state index contributed by atoms with van der Waals surface area (Å²) in [4.78, 5) is 8.24. The van der Waals surface area contributed by atoms with E-state index in [1.54, 1.807) is 12.4 Å². The van der Waals surface area contributed by atoms with Crippen molar-refractivity contribution in [1.29, 1.82) is 0 Å². The Kier molecular flexibility index (Phi) is 3.74. The van der Waals surface area contributed by atoms with Gasteiger partial charge in [0.1, 0.15) is 12.4 Å². The van der Waals surface area contributed by atoms with Gasteiger partial charge in [-0.2, -0.15) is 0 Å². The number of hydrazine groups is 1. The second-order valence-corrected chi connectivity index (χ2v) is 4.07. The van der Waals surface area contributed by atoms with Crippen molar-refractivity contribution in [2.24, 2.45) is 5.84 Å². The van der Waals surface area contributed by atoms with Crippen LogP contribution in [0.25, 0.3) is 0 Å². The Morgan fingerprint density at radius 2 is 2.00 bits per heavy atom. The number of aryl methyl sites for hydroxylation is 2. The van der Waals surface area contributed by atoms with E-state index in [9.17, 15) is 0 Å². The molecule has 5 heteroatoms. The van der Waals surface area contributed by atoms with Gasteiger partial charge in [-0.25, -0.2) is 10.8 Å². The lowest BCUT2D eigenvalue weighted by atomic mass is 10.1. The fourth-order valence-electron chi connectivity index (χ4n) is 1.46. The van der Waals surface area contributed by atoms with Crippen LogP contribution in [0.2, 0.25) is 0 Å². The lowest BCUT2D eigenvalue weighted by molar-refractivity contribution is 0.300. The smallest absolute Gasteiger partial charge is 0.158 e. The molecule has 0 bridgehead atoms. The summed E-state index contributed by atoms with van der Waals surface area (Å²) < 4.78 is 5.65. The van der Waals surface area contributed by atoms with Gasteiger partial charge in [0.15, 0.2) is 5.82 Å². The van der Waals surface area contributed by atoms with E-state index < -0.39 is 0 Å². The maximum absolute atomic E-state index is 5.65. The third-order valence-corrected chi connectivity index (χ3v) is 2.72. The summed E-state index contributed by atoms with van der Waals surface area (Å²) in [6, 6.07) is 6.00. The number of nitrogens with two attached hydrogens (primary N) is 1. The Morgan fingerprint density at radius 3 is 2.61 bits per heavy atom. The van der Waals surface area contributed by atoms with E-state index in [0.29, 0.717) is 12.4 Å². The first kappa shape index (κ1) is 12.3. The first-order chi connectivity index (χ1) is 8.69. The highest BCUT2D eigenvalue weighted by molar-refractivity contribution is 5.34. The molecule has 0 fully saturated rings. The quantitative estimate of drug-likeness (QED) is 0.635. The van der Waals surface area contributed by atoms with Gasteiger partial charge in [0.2, 0.25) is 0 Å². The molecule has 0 atom stereocenters. The van der Waals surface area contributed by atoms with Crippen molar-refractivity contribution in [2.45, 2.75) is 20.5 Å². The van der Waals surface area contributed by atoms with E-state index >= 15 is 0 Å². The number of hydrogen-bond acceptors (Lipinski definition) is 5. The molecule has 0 aliphatic carbocycles. The first-order valence-corrected chi connectivity index (χ1v) is 5.66. The third-order valence-electron chi connectivity index (χ3n) is 2.72.